The fourth-order valence-corrected chi connectivity index (χ4v) is 1.71. The second-order valence-corrected chi connectivity index (χ2v) is 4.25. The van der Waals surface area contributed by atoms with Crippen molar-refractivity contribution in [2.75, 3.05) is 19.8 Å². The van der Waals surface area contributed by atoms with Gasteiger partial charge in [0.15, 0.2) is 0 Å². The number of primary amides is 1. The zero-order valence-corrected chi connectivity index (χ0v) is 11.0. The third kappa shape index (κ3) is 4.80. The number of benzene rings is 1. The Labute approximate surface area is 112 Å². The summed E-state index contributed by atoms with van der Waals surface area (Å²) in [5.41, 5.74) is 5.19. The van der Waals surface area contributed by atoms with Crippen molar-refractivity contribution in [2.45, 2.75) is 0 Å². The van der Waals surface area contributed by atoms with E-state index in [2.05, 4.69) is 21.2 Å². The molecule has 98 valence electrons. The molecule has 0 saturated carbocycles. The molecule has 0 aromatic heterocycles. The van der Waals surface area contributed by atoms with Crippen molar-refractivity contribution in [2.24, 2.45) is 5.73 Å². The van der Waals surface area contributed by atoms with Crippen LogP contribution in [0.2, 0.25) is 0 Å². The van der Waals surface area contributed by atoms with Crippen LogP contribution >= 0.6 is 15.9 Å². The molecule has 3 N–H and O–H groups in total. The SMILES string of the molecule is NC(=O)COCCNC(=O)c1ccc(F)cc1Br. The van der Waals surface area contributed by atoms with Crippen LogP contribution < -0.4 is 11.1 Å². The largest absolute Gasteiger partial charge is 0.370 e. The number of ether oxygens (including phenoxy) is 1. The first-order chi connectivity index (χ1) is 8.50. The number of nitrogens with two attached hydrogens (primary N) is 1. The molecule has 0 fully saturated rings. The van der Waals surface area contributed by atoms with Gasteiger partial charge in [-0.3, -0.25) is 9.59 Å². The quantitative estimate of drug-likeness (QED) is 0.762. The van der Waals surface area contributed by atoms with Gasteiger partial charge in [-0.2, -0.15) is 0 Å². The number of hydrogen-bond acceptors (Lipinski definition) is 3. The van der Waals surface area contributed by atoms with Gasteiger partial charge in [0.1, 0.15) is 12.4 Å². The molecule has 0 aliphatic carbocycles. The Kier molecular flexibility index (Phi) is 5.73. The van der Waals surface area contributed by atoms with E-state index < -0.39 is 11.7 Å². The van der Waals surface area contributed by atoms with Crippen LogP contribution in [0.25, 0.3) is 0 Å². The molecule has 0 heterocycles. The number of carbonyl (C=O) groups is 2. The summed E-state index contributed by atoms with van der Waals surface area (Å²) in [5.74, 6) is -1.35. The predicted molar refractivity (Wildman–Crippen MR) is 66.4 cm³/mol. The maximum atomic E-state index is 12.8. The van der Waals surface area contributed by atoms with Crippen LogP contribution in [0.4, 0.5) is 4.39 Å². The van der Waals surface area contributed by atoms with Crippen molar-refractivity contribution in [3.63, 3.8) is 0 Å². The molecule has 5 nitrogen and oxygen atoms in total. The highest BCUT2D eigenvalue weighted by molar-refractivity contribution is 9.10. The fraction of sp³-hybridized carbons (Fsp3) is 0.273. The summed E-state index contributed by atoms with van der Waals surface area (Å²) in [4.78, 5) is 22.0. The maximum absolute atomic E-state index is 12.8. The molecule has 0 bridgehead atoms. The topological polar surface area (TPSA) is 81.4 Å². The van der Waals surface area contributed by atoms with E-state index in [9.17, 15) is 14.0 Å². The summed E-state index contributed by atoms with van der Waals surface area (Å²) in [5, 5.41) is 2.56. The smallest absolute Gasteiger partial charge is 0.252 e. The summed E-state index contributed by atoms with van der Waals surface area (Å²) in [6, 6.07) is 3.78. The van der Waals surface area contributed by atoms with E-state index in [1.165, 1.54) is 18.2 Å². The first-order valence-corrected chi connectivity index (χ1v) is 5.89. The van der Waals surface area contributed by atoms with E-state index in [1.54, 1.807) is 0 Å². The van der Waals surface area contributed by atoms with Crippen LogP contribution in [0.3, 0.4) is 0 Å². The zero-order valence-electron chi connectivity index (χ0n) is 9.41. The summed E-state index contributed by atoms with van der Waals surface area (Å²) in [6.45, 7) is 0.222. The molecule has 7 heteroatoms. The van der Waals surface area contributed by atoms with Crippen LogP contribution in [0.5, 0.6) is 0 Å². The Balaban J connectivity index is 2.39. The summed E-state index contributed by atoms with van der Waals surface area (Å²) in [6.07, 6.45) is 0. The van der Waals surface area contributed by atoms with Gasteiger partial charge in [-0.15, -0.1) is 0 Å². The van der Waals surface area contributed by atoms with Crippen LogP contribution in [-0.2, 0) is 9.53 Å². The summed E-state index contributed by atoms with van der Waals surface area (Å²) < 4.78 is 18.1. The average Bonchev–Trinajstić information content (AvgIpc) is 2.27. The molecule has 0 spiro atoms. The van der Waals surface area contributed by atoms with Crippen molar-refractivity contribution in [1.29, 1.82) is 0 Å². The molecular weight excluding hydrogens is 307 g/mol. The van der Waals surface area contributed by atoms with Gasteiger partial charge < -0.3 is 15.8 Å². The molecule has 0 aliphatic rings. The lowest BCUT2D eigenvalue weighted by atomic mass is 10.2. The van der Waals surface area contributed by atoms with Crippen LogP contribution in [-0.4, -0.2) is 31.6 Å². The molecule has 0 aliphatic heterocycles. The van der Waals surface area contributed by atoms with Gasteiger partial charge in [0, 0.05) is 11.0 Å². The molecule has 1 rings (SSSR count). The zero-order chi connectivity index (χ0) is 13.5. The minimum absolute atomic E-state index is 0.174. The first-order valence-electron chi connectivity index (χ1n) is 5.10. The van der Waals surface area contributed by atoms with Gasteiger partial charge in [0.05, 0.1) is 12.2 Å². The molecule has 1 aromatic rings. The van der Waals surface area contributed by atoms with E-state index in [0.717, 1.165) is 0 Å². The third-order valence-electron chi connectivity index (χ3n) is 1.95. The Bertz CT molecular complexity index is 454. The monoisotopic (exact) mass is 318 g/mol. The highest BCUT2D eigenvalue weighted by Crippen LogP contribution is 2.17. The number of halogens is 2. The van der Waals surface area contributed by atoms with Crippen molar-refractivity contribution in [3.05, 3.63) is 34.1 Å². The number of amides is 2. The second kappa shape index (κ2) is 7.07. The molecule has 0 radical (unpaired) electrons. The Morgan fingerprint density at radius 1 is 1.44 bits per heavy atom. The standard InChI is InChI=1S/C11H12BrFN2O3/c12-9-5-7(13)1-2-8(9)11(17)15-3-4-18-6-10(14)16/h1-2,5H,3-4,6H2,(H2,14,16)(H,15,17). The predicted octanol–water partition coefficient (Wildman–Crippen LogP) is 0.820. The maximum Gasteiger partial charge on any atom is 0.252 e. The van der Waals surface area contributed by atoms with Crippen molar-refractivity contribution in [3.8, 4) is 0 Å². The van der Waals surface area contributed by atoms with Gasteiger partial charge in [0.25, 0.3) is 5.91 Å². The van der Waals surface area contributed by atoms with Gasteiger partial charge in [0.2, 0.25) is 5.91 Å². The normalized spacial score (nSPS) is 10.1. The Hall–Kier alpha value is -1.47. The number of rotatable bonds is 6. The molecule has 1 aromatic carbocycles. The number of hydrogen-bond donors (Lipinski definition) is 2. The van der Waals surface area contributed by atoms with Crippen LogP contribution in [0.15, 0.2) is 22.7 Å². The minimum Gasteiger partial charge on any atom is -0.370 e. The molecular formula is C11H12BrFN2O3. The van der Waals surface area contributed by atoms with Crippen LogP contribution in [0, 0.1) is 5.82 Å². The van der Waals surface area contributed by atoms with E-state index >= 15 is 0 Å². The highest BCUT2D eigenvalue weighted by atomic mass is 79.9. The lowest BCUT2D eigenvalue weighted by molar-refractivity contribution is -0.122. The van der Waals surface area contributed by atoms with E-state index in [1.807, 2.05) is 0 Å². The van der Waals surface area contributed by atoms with Crippen molar-refractivity contribution in [1.82, 2.24) is 5.32 Å². The van der Waals surface area contributed by atoms with Gasteiger partial charge in [-0.1, -0.05) is 0 Å². The molecule has 0 saturated heterocycles. The highest BCUT2D eigenvalue weighted by Gasteiger charge is 2.09. The van der Waals surface area contributed by atoms with Crippen molar-refractivity contribution >= 4 is 27.7 Å². The van der Waals surface area contributed by atoms with E-state index in [-0.39, 0.29) is 25.7 Å². The van der Waals surface area contributed by atoms with E-state index in [4.69, 9.17) is 10.5 Å². The minimum atomic E-state index is -0.567. The lowest BCUT2D eigenvalue weighted by Crippen LogP contribution is -2.29. The molecule has 2 amide bonds. The fourth-order valence-electron chi connectivity index (χ4n) is 1.18. The third-order valence-corrected chi connectivity index (χ3v) is 2.61. The van der Waals surface area contributed by atoms with Gasteiger partial charge in [-0.25, -0.2) is 4.39 Å². The van der Waals surface area contributed by atoms with Crippen LogP contribution in [0.1, 0.15) is 10.4 Å². The second-order valence-electron chi connectivity index (χ2n) is 3.40. The Morgan fingerprint density at radius 2 is 2.17 bits per heavy atom. The Morgan fingerprint density at radius 3 is 2.78 bits per heavy atom. The van der Waals surface area contributed by atoms with Crippen molar-refractivity contribution < 1.29 is 18.7 Å². The molecule has 0 atom stereocenters. The number of carbonyl (C=O) groups excluding carboxylic acids is 2. The van der Waals surface area contributed by atoms with Gasteiger partial charge in [-0.05, 0) is 34.1 Å². The van der Waals surface area contributed by atoms with Gasteiger partial charge >= 0.3 is 0 Å². The number of nitrogens with one attached hydrogen (secondary N) is 1. The van der Waals surface area contributed by atoms with E-state index in [0.29, 0.717) is 10.0 Å². The summed E-state index contributed by atoms with van der Waals surface area (Å²) >= 11 is 3.10. The average molecular weight is 319 g/mol. The first kappa shape index (κ1) is 14.6. The molecule has 18 heavy (non-hydrogen) atoms. The summed E-state index contributed by atoms with van der Waals surface area (Å²) in [7, 11) is 0. The lowest BCUT2D eigenvalue weighted by Gasteiger charge is -2.07. The molecule has 0 unspecified atom stereocenters.